The van der Waals surface area contributed by atoms with E-state index in [9.17, 15) is 4.79 Å². The molecule has 1 aliphatic heterocycles. The first-order valence-electron chi connectivity index (χ1n) is 5.94. The Morgan fingerprint density at radius 2 is 2.24 bits per heavy atom. The van der Waals surface area contributed by atoms with Crippen molar-refractivity contribution in [2.45, 2.75) is 19.9 Å². The van der Waals surface area contributed by atoms with E-state index in [1.54, 1.807) is 4.90 Å². The van der Waals surface area contributed by atoms with E-state index in [-0.39, 0.29) is 12.1 Å². The predicted molar refractivity (Wildman–Crippen MR) is 67.8 cm³/mol. The molecular weight excluding hydrogens is 214 g/mol. The fourth-order valence-corrected chi connectivity index (χ4v) is 2.33. The fraction of sp³-hybridized carbons (Fsp3) is 0.462. The molecule has 1 unspecified atom stereocenters. The van der Waals surface area contributed by atoms with Crippen LogP contribution >= 0.6 is 0 Å². The maximum absolute atomic E-state index is 11.7. The van der Waals surface area contributed by atoms with Crippen molar-refractivity contribution >= 4 is 6.03 Å². The fourth-order valence-electron chi connectivity index (χ4n) is 2.33. The molecule has 1 aromatic rings. The van der Waals surface area contributed by atoms with Gasteiger partial charge in [-0.3, -0.25) is 0 Å². The normalized spacial score (nSPS) is 19.6. The number of benzene rings is 1. The van der Waals surface area contributed by atoms with E-state index in [0.717, 1.165) is 0 Å². The molecule has 1 aliphatic rings. The minimum Gasteiger partial charge on any atom is -0.329 e. The summed E-state index contributed by atoms with van der Waals surface area (Å²) in [5, 5.41) is 3.00. The summed E-state index contributed by atoms with van der Waals surface area (Å²) < 4.78 is 0. The van der Waals surface area contributed by atoms with Crippen LogP contribution in [0.3, 0.4) is 0 Å². The van der Waals surface area contributed by atoms with Gasteiger partial charge in [0.25, 0.3) is 0 Å². The van der Waals surface area contributed by atoms with E-state index in [1.165, 1.54) is 16.7 Å². The van der Waals surface area contributed by atoms with Crippen LogP contribution < -0.4 is 11.1 Å². The molecule has 0 radical (unpaired) electrons. The molecule has 1 aromatic carbocycles. The molecule has 1 atom stereocenters. The van der Waals surface area contributed by atoms with E-state index in [1.807, 2.05) is 0 Å². The zero-order chi connectivity index (χ0) is 12.4. The molecule has 0 spiro atoms. The Hall–Kier alpha value is -1.55. The Bertz CT molecular complexity index is 431. The molecule has 1 heterocycles. The number of amides is 2. The van der Waals surface area contributed by atoms with Crippen LogP contribution in [0.5, 0.6) is 0 Å². The molecule has 92 valence electrons. The lowest BCUT2D eigenvalue weighted by Gasteiger charge is -2.15. The van der Waals surface area contributed by atoms with Crippen LogP contribution in [0.15, 0.2) is 18.2 Å². The number of carbonyl (C=O) groups is 1. The SMILES string of the molecule is Cc1ccc(C2CN(CCN)C(=O)N2)c(C)c1. The van der Waals surface area contributed by atoms with Gasteiger partial charge in [0, 0.05) is 19.6 Å². The summed E-state index contributed by atoms with van der Waals surface area (Å²) in [4.78, 5) is 13.5. The lowest BCUT2D eigenvalue weighted by atomic mass is 10.00. The first kappa shape index (κ1) is 11.9. The average Bonchev–Trinajstić information content (AvgIpc) is 2.60. The van der Waals surface area contributed by atoms with Gasteiger partial charge >= 0.3 is 6.03 Å². The number of nitrogens with two attached hydrogens (primary N) is 1. The zero-order valence-corrected chi connectivity index (χ0v) is 10.4. The van der Waals surface area contributed by atoms with Crippen LogP contribution in [0.2, 0.25) is 0 Å². The number of aryl methyl sites for hydroxylation is 2. The molecule has 0 bridgehead atoms. The number of urea groups is 1. The summed E-state index contributed by atoms with van der Waals surface area (Å²) >= 11 is 0. The molecule has 4 heteroatoms. The Balaban J connectivity index is 2.17. The summed E-state index contributed by atoms with van der Waals surface area (Å²) in [6, 6.07) is 6.41. The van der Waals surface area contributed by atoms with Crippen LogP contribution in [0, 0.1) is 13.8 Å². The van der Waals surface area contributed by atoms with Crippen molar-refractivity contribution in [2.75, 3.05) is 19.6 Å². The first-order chi connectivity index (χ1) is 8.11. The summed E-state index contributed by atoms with van der Waals surface area (Å²) in [5.74, 6) is 0. The number of hydrogen-bond acceptors (Lipinski definition) is 2. The smallest absolute Gasteiger partial charge is 0.318 e. The molecule has 1 fully saturated rings. The highest BCUT2D eigenvalue weighted by molar-refractivity contribution is 5.77. The van der Waals surface area contributed by atoms with E-state index < -0.39 is 0 Å². The second kappa shape index (κ2) is 4.75. The second-order valence-corrected chi connectivity index (χ2v) is 4.60. The van der Waals surface area contributed by atoms with E-state index in [4.69, 9.17) is 5.73 Å². The molecule has 2 rings (SSSR count). The summed E-state index contributed by atoms with van der Waals surface area (Å²) in [7, 11) is 0. The van der Waals surface area contributed by atoms with Crippen molar-refractivity contribution in [1.82, 2.24) is 10.2 Å². The van der Waals surface area contributed by atoms with Gasteiger partial charge in [0.1, 0.15) is 0 Å². The average molecular weight is 233 g/mol. The highest BCUT2D eigenvalue weighted by atomic mass is 16.2. The predicted octanol–water partition coefficient (Wildman–Crippen LogP) is 1.33. The summed E-state index contributed by atoms with van der Waals surface area (Å²) in [6.07, 6.45) is 0. The van der Waals surface area contributed by atoms with Crippen molar-refractivity contribution in [1.29, 1.82) is 0 Å². The quantitative estimate of drug-likeness (QED) is 0.827. The topological polar surface area (TPSA) is 58.4 Å². The maximum atomic E-state index is 11.7. The van der Waals surface area contributed by atoms with Crippen molar-refractivity contribution in [2.24, 2.45) is 5.73 Å². The van der Waals surface area contributed by atoms with Gasteiger partial charge in [0.15, 0.2) is 0 Å². The van der Waals surface area contributed by atoms with Crippen LogP contribution in [-0.4, -0.2) is 30.6 Å². The monoisotopic (exact) mass is 233 g/mol. The van der Waals surface area contributed by atoms with Gasteiger partial charge in [0.2, 0.25) is 0 Å². The van der Waals surface area contributed by atoms with E-state index in [2.05, 4.69) is 37.4 Å². The van der Waals surface area contributed by atoms with Crippen molar-refractivity contribution < 1.29 is 4.79 Å². The van der Waals surface area contributed by atoms with E-state index >= 15 is 0 Å². The van der Waals surface area contributed by atoms with Gasteiger partial charge in [-0.15, -0.1) is 0 Å². The zero-order valence-electron chi connectivity index (χ0n) is 10.4. The molecule has 0 aromatic heterocycles. The number of nitrogens with one attached hydrogen (secondary N) is 1. The van der Waals surface area contributed by atoms with Crippen molar-refractivity contribution in [3.63, 3.8) is 0 Å². The number of nitrogens with zero attached hydrogens (tertiary/aromatic N) is 1. The minimum atomic E-state index is -0.0135. The Kier molecular flexibility index (Phi) is 3.33. The van der Waals surface area contributed by atoms with Crippen molar-refractivity contribution in [3.8, 4) is 0 Å². The van der Waals surface area contributed by atoms with Gasteiger partial charge in [-0.05, 0) is 25.0 Å². The standard InChI is InChI=1S/C13H19N3O/c1-9-3-4-11(10(2)7-9)12-8-16(6-5-14)13(17)15-12/h3-4,7,12H,5-6,8,14H2,1-2H3,(H,15,17). The third kappa shape index (κ3) is 2.42. The molecule has 17 heavy (non-hydrogen) atoms. The van der Waals surface area contributed by atoms with Crippen LogP contribution in [0.25, 0.3) is 0 Å². The molecule has 4 nitrogen and oxygen atoms in total. The molecule has 0 saturated carbocycles. The van der Waals surface area contributed by atoms with Gasteiger partial charge in [-0.1, -0.05) is 23.8 Å². The second-order valence-electron chi connectivity index (χ2n) is 4.60. The molecule has 2 amide bonds. The third-order valence-corrected chi connectivity index (χ3v) is 3.19. The van der Waals surface area contributed by atoms with Crippen molar-refractivity contribution in [3.05, 3.63) is 34.9 Å². The van der Waals surface area contributed by atoms with E-state index in [0.29, 0.717) is 19.6 Å². The molecule has 0 aliphatic carbocycles. The Labute approximate surface area is 102 Å². The summed E-state index contributed by atoms with van der Waals surface area (Å²) in [6.45, 7) is 5.99. The first-order valence-corrected chi connectivity index (χ1v) is 5.94. The minimum absolute atomic E-state index is 0.0135. The lowest BCUT2D eigenvalue weighted by molar-refractivity contribution is 0.218. The van der Waals surface area contributed by atoms with Crippen LogP contribution in [0.1, 0.15) is 22.7 Å². The number of rotatable bonds is 3. The van der Waals surface area contributed by atoms with Crippen LogP contribution in [0.4, 0.5) is 4.79 Å². The van der Waals surface area contributed by atoms with Crippen LogP contribution in [-0.2, 0) is 0 Å². The number of hydrogen-bond donors (Lipinski definition) is 2. The van der Waals surface area contributed by atoms with Gasteiger partial charge in [-0.2, -0.15) is 0 Å². The van der Waals surface area contributed by atoms with Gasteiger partial charge in [-0.25, -0.2) is 4.79 Å². The maximum Gasteiger partial charge on any atom is 0.318 e. The lowest BCUT2D eigenvalue weighted by Crippen LogP contribution is -2.32. The number of carbonyl (C=O) groups excluding carboxylic acids is 1. The summed E-state index contributed by atoms with van der Waals surface area (Å²) in [5.41, 5.74) is 9.15. The molecular formula is C13H19N3O. The third-order valence-electron chi connectivity index (χ3n) is 3.19. The highest BCUT2D eigenvalue weighted by Crippen LogP contribution is 2.23. The largest absolute Gasteiger partial charge is 0.329 e. The molecule has 3 N–H and O–H groups in total. The highest BCUT2D eigenvalue weighted by Gasteiger charge is 2.29. The Morgan fingerprint density at radius 3 is 2.88 bits per heavy atom. The molecule has 1 saturated heterocycles. The van der Waals surface area contributed by atoms with Gasteiger partial charge in [0.05, 0.1) is 6.04 Å². The van der Waals surface area contributed by atoms with Gasteiger partial charge < -0.3 is 16.0 Å². The Morgan fingerprint density at radius 1 is 1.47 bits per heavy atom.